The Hall–Kier alpha value is -11.4. The van der Waals surface area contributed by atoms with Gasteiger partial charge in [-0.1, -0.05) is 97.1 Å². The Morgan fingerprint density at radius 1 is 0.347 bits per heavy atom. The molecule has 11 aromatic rings. The average molecular weight is 1310 g/mol. The number of carbonyl (C=O) groups is 6. The van der Waals surface area contributed by atoms with Crippen molar-refractivity contribution in [2.24, 2.45) is 0 Å². The van der Waals surface area contributed by atoms with Crippen LogP contribution in [0.1, 0.15) is 52.6 Å². The van der Waals surface area contributed by atoms with E-state index in [1.165, 1.54) is 24.3 Å². The minimum absolute atomic E-state index is 0.0154. The number of carbonyl (C=O) groups excluding carboxylic acids is 6. The van der Waals surface area contributed by atoms with Crippen LogP contribution in [0.25, 0.3) is 43.1 Å². The van der Waals surface area contributed by atoms with Crippen LogP contribution in [0.5, 0.6) is 57.5 Å². The highest BCUT2D eigenvalue weighted by Crippen LogP contribution is 2.58. The van der Waals surface area contributed by atoms with E-state index in [0.29, 0.717) is 73.4 Å². The normalized spacial score (nSPS) is 15.8. The second-order valence-corrected chi connectivity index (χ2v) is 24.9. The number of rotatable bonds is 20. The lowest BCUT2D eigenvalue weighted by Crippen LogP contribution is -2.58. The highest BCUT2D eigenvalue weighted by Gasteiger charge is 2.48. The van der Waals surface area contributed by atoms with Crippen molar-refractivity contribution in [3.05, 3.63) is 228 Å². The molecule has 0 saturated carbocycles. The van der Waals surface area contributed by atoms with Gasteiger partial charge in [0.05, 0.1) is 35.5 Å². The van der Waals surface area contributed by atoms with E-state index in [9.17, 15) is 20.4 Å². The highest BCUT2D eigenvalue weighted by atomic mass is 16.5. The molecule has 0 spiro atoms. The summed E-state index contributed by atoms with van der Waals surface area (Å²) in [6.07, 6.45) is -0.265. The minimum atomic E-state index is -1.43. The van der Waals surface area contributed by atoms with Crippen LogP contribution in [0.15, 0.2) is 194 Å². The Kier molecular flexibility index (Phi) is 16.8. The van der Waals surface area contributed by atoms with E-state index in [1.54, 1.807) is 155 Å². The summed E-state index contributed by atoms with van der Waals surface area (Å²) < 4.78 is 28.5. The molecule has 98 heavy (non-hydrogen) atoms. The van der Waals surface area contributed by atoms with Crippen molar-refractivity contribution in [2.75, 3.05) is 78.7 Å². The number of fused-ring (bicyclic) bond motifs is 2. The molecule has 492 valence electrons. The third-order valence-corrected chi connectivity index (χ3v) is 19.0. The molecule has 11 aromatic carbocycles. The number of aromatic hydroxyl groups is 2. The molecule has 2 fully saturated rings. The van der Waals surface area contributed by atoms with Crippen molar-refractivity contribution in [3.8, 4) is 57.5 Å². The number of hydrogen-bond donors (Lipinski definition) is 4. The van der Waals surface area contributed by atoms with E-state index < -0.39 is 47.5 Å². The predicted molar refractivity (Wildman–Crippen MR) is 366 cm³/mol. The molecule has 0 aromatic heterocycles. The number of piperazine rings is 2. The standard InChI is InChI=1S/C78H66N6O14/c85-39-37-79-29-33-81(34-30-79)77(93)59(41-47-21-25-49(87)26-22-47)83-73(89)55-43-61(95-51-13-5-1-6-14-51)67-68-62(96-52-15-7-2-8-16-52)44-57-66-58(76(92)84(75(57)91)60(42-48-23-27-50(88)28-24-48)78(94)82-35-31-80(32-36-82)38-40-86)46-64(98-54-19-11-4-12-20-54)70(72(66)68)69-63(97-53-17-9-3-10-18-53)45-56(74(83)90)65(55)71(67)69/h1-28,43-46,59-60,85-88H,29-42H2. The summed E-state index contributed by atoms with van der Waals surface area (Å²) >= 11 is 0. The number of amides is 6. The molecule has 4 N–H and O–H groups in total. The first-order valence-electron chi connectivity index (χ1n) is 32.7. The van der Waals surface area contributed by atoms with E-state index in [1.807, 2.05) is 34.1 Å². The number of aliphatic hydroxyl groups excluding tert-OH is 2. The molecule has 4 aliphatic heterocycles. The highest BCUT2D eigenvalue weighted by molar-refractivity contribution is 6.45. The van der Waals surface area contributed by atoms with Crippen LogP contribution in [0.2, 0.25) is 0 Å². The average Bonchev–Trinajstić information content (AvgIpc) is 0.672. The SMILES string of the molecule is O=C(C(Cc1ccc(O)cc1)N1C(=O)c2cc(Oc3ccccc3)c3c4c(Oc5ccccc5)cc5c6c(cc(Oc7ccccc7)c(c7c(Oc8ccccc8)cc(c2c37)C1=O)c64)C(=O)N(C(Cc1ccc(O)cc1)C(=O)N1CCN(CCO)CC1)C5=O)N1CCN(CCO)CC1. The van der Waals surface area contributed by atoms with E-state index in [-0.39, 0.29) is 152 Å². The van der Waals surface area contributed by atoms with Crippen molar-refractivity contribution in [1.29, 1.82) is 0 Å². The van der Waals surface area contributed by atoms with Gasteiger partial charge >= 0.3 is 0 Å². The van der Waals surface area contributed by atoms with E-state index in [2.05, 4.69) is 0 Å². The second kappa shape index (κ2) is 26.3. The van der Waals surface area contributed by atoms with Crippen LogP contribution in [0, 0.1) is 0 Å². The first kappa shape index (κ1) is 62.7. The first-order valence-corrected chi connectivity index (χ1v) is 32.7. The van der Waals surface area contributed by atoms with Gasteiger partial charge in [0.1, 0.15) is 69.6 Å². The van der Waals surface area contributed by atoms with Crippen LogP contribution in [0.4, 0.5) is 0 Å². The maximum atomic E-state index is 16.4. The molecule has 0 radical (unpaired) electrons. The number of benzene rings is 11. The predicted octanol–water partition coefficient (Wildman–Crippen LogP) is 11.0. The van der Waals surface area contributed by atoms with Gasteiger partial charge in [-0.05, 0) is 108 Å². The van der Waals surface area contributed by atoms with Crippen LogP contribution < -0.4 is 18.9 Å². The number of β-amino-alcohol motifs (C(OH)–C–C–N with tert-alkyl or cyclic N) is 2. The van der Waals surface area contributed by atoms with Gasteiger partial charge < -0.3 is 49.2 Å². The van der Waals surface area contributed by atoms with Crippen LogP contribution >= 0.6 is 0 Å². The molecule has 2 atom stereocenters. The molecular formula is C78H66N6O14. The van der Waals surface area contributed by atoms with Crippen molar-refractivity contribution in [1.82, 2.24) is 29.4 Å². The van der Waals surface area contributed by atoms with E-state index in [0.717, 1.165) is 9.80 Å². The maximum absolute atomic E-state index is 16.4. The van der Waals surface area contributed by atoms with Gasteiger partial charge in [0.25, 0.3) is 23.6 Å². The fourth-order valence-corrected chi connectivity index (χ4v) is 14.3. The van der Waals surface area contributed by atoms with Gasteiger partial charge in [0.2, 0.25) is 11.8 Å². The lowest BCUT2D eigenvalue weighted by atomic mass is 9.80. The Morgan fingerprint density at radius 3 is 0.867 bits per heavy atom. The fourth-order valence-electron chi connectivity index (χ4n) is 14.3. The zero-order valence-electron chi connectivity index (χ0n) is 53.1. The van der Waals surface area contributed by atoms with Gasteiger partial charge in [-0.25, -0.2) is 0 Å². The fraction of sp³-hybridized carbons (Fsp3) is 0.205. The second-order valence-electron chi connectivity index (χ2n) is 24.9. The van der Waals surface area contributed by atoms with Crippen molar-refractivity contribution >= 4 is 78.5 Å². The number of imide groups is 2. The molecule has 20 nitrogen and oxygen atoms in total. The molecule has 2 unspecified atom stereocenters. The molecule has 4 aliphatic rings. The lowest BCUT2D eigenvalue weighted by molar-refractivity contribution is -0.138. The Balaban J connectivity index is 1.03. The van der Waals surface area contributed by atoms with Crippen LogP contribution in [-0.4, -0.2) is 176 Å². The Morgan fingerprint density at radius 2 is 0.612 bits per heavy atom. The number of para-hydroxylation sites is 4. The van der Waals surface area contributed by atoms with Gasteiger partial charge in [-0.3, -0.25) is 48.4 Å². The number of nitrogens with zero attached hydrogens (tertiary/aromatic N) is 6. The lowest BCUT2D eigenvalue weighted by Gasteiger charge is -2.40. The van der Waals surface area contributed by atoms with Crippen molar-refractivity contribution in [3.63, 3.8) is 0 Å². The summed E-state index contributed by atoms with van der Waals surface area (Å²) in [5.41, 5.74) is 1.05. The molecular weight excluding hydrogens is 1240 g/mol. The third kappa shape index (κ3) is 11.5. The quantitative estimate of drug-likeness (QED) is 0.0315. The van der Waals surface area contributed by atoms with Crippen LogP contribution in [-0.2, 0) is 22.4 Å². The Bertz CT molecular complexity index is 4390. The summed E-state index contributed by atoms with van der Waals surface area (Å²) in [7, 11) is 0. The number of ether oxygens (including phenoxy) is 4. The number of hydrogen-bond acceptors (Lipinski definition) is 16. The summed E-state index contributed by atoms with van der Waals surface area (Å²) in [5.74, 6) is -2.71. The van der Waals surface area contributed by atoms with Gasteiger partial charge in [0, 0.05) is 121 Å². The van der Waals surface area contributed by atoms with E-state index >= 15 is 28.8 Å². The zero-order valence-corrected chi connectivity index (χ0v) is 53.1. The third-order valence-electron chi connectivity index (χ3n) is 19.0. The van der Waals surface area contributed by atoms with Gasteiger partial charge in [-0.15, -0.1) is 0 Å². The Labute approximate surface area is 562 Å². The molecule has 20 heteroatoms. The summed E-state index contributed by atoms with van der Waals surface area (Å²) in [6, 6.07) is 51.3. The topological polar surface area (TPSA) is 240 Å². The van der Waals surface area contributed by atoms with Crippen molar-refractivity contribution < 1.29 is 68.1 Å². The maximum Gasteiger partial charge on any atom is 0.262 e. The monoisotopic (exact) mass is 1310 g/mol. The molecule has 0 bridgehead atoms. The van der Waals surface area contributed by atoms with Gasteiger partial charge in [0.15, 0.2) is 0 Å². The summed E-state index contributed by atoms with van der Waals surface area (Å²) in [4.78, 5) is 106. The molecule has 0 aliphatic carbocycles. The number of phenols is 2. The van der Waals surface area contributed by atoms with Crippen LogP contribution in [0.3, 0.4) is 0 Å². The molecule has 15 rings (SSSR count). The van der Waals surface area contributed by atoms with E-state index in [4.69, 9.17) is 18.9 Å². The first-order chi connectivity index (χ1) is 47.8. The van der Waals surface area contributed by atoms with Crippen molar-refractivity contribution in [2.45, 2.75) is 24.9 Å². The minimum Gasteiger partial charge on any atom is -0.508 e. The smallest absolute Gasteiger partial charge is 0.262 e. The molecule has 2 saturated heterocycles. The largest absolute Gasteiger partial charge is 0.508 e. The molecule has 6 amide bonds. The number of aliphatic hydroxyl groups is 2. The summed E-state index contributed by atoms with van der Waals surface area (Å²) in [6.45, 7) is 3.39. The van der Waals surface area contributed by atoms with Gasteiger partial charge in [-0.2, -0.15) is 0 Å². The number of phenolic OH excluding ortho intramolecular Hbond substituents is 2. The molecule has 4 heterocycles. The zero-order chi connectivity index (χ0) is 67.3. The summed E-state index contributed by atoms with van der Waals surface area (Å²) in [5, 5.41) is 42.4.